The second-order valence-corrected chi connectivity index (χ2v) is 6.15. The zero-order chi connectivity index (χ0) is 17.8. The number of likely N-dealkylation sites (tertiary alicyclic amines) is 1. The fourth-order valence-corrected chi connectivity index (χ4v) is 3.45. The Morgan fingerprint density at radius 3 is 2.76 bits per heavy atom. The number of halogens is 1. The lowest BCUT2D eigenvalue weighted by Crippen LogP contribution is -2.23. The number of rotatable bonds is 5. The van der Waals surface area contributed by atoms with Gasteiger partial charge in [-0.05, 0) is 43.7 Å². The van der Waals surface area contributed by atoms with Gasteiger partial charge in [-0.25, -0.2) is 4.39 Å². The summed E-state index contributed by atoms with van der Waals surface area (Å²) in [6.07, 6.45) is 2.03. The molecular weight excluding hydrogens is 319 g/mol. The molecule has 4 nitrogen and oxygen atoms in total. The van der Waals surface area contributed by atoms with Gasteiger partial charge in [0.15, 0.2) is 0 Å². The molecule has 130 valence electrons. The molecule has 0 bridgehead atoms. The van der Waals surface area contributed by atoms with Crippen molar-refractivity contribution in [3.63, 3.8) is 0 Å². The van der Waals surface area contributed by atoms with Crippen LogP contribution in [0.5, 0.6) is 11.5 Å². The minimum atomic E-state index is -0.272. The van der Waals surface area contributed by atoms with Crippen molar-refractivity contribution < 1.29 is 13.9 Å². The van der Waals surface area contributed by atoms with Crippen molar-refractivity contribution in [3.8, 4) is 17.6 Å². The Hall–Kier alpha value is -2.58. The molecule has 0 amide bonds. The minimum Gasteiger partial charge on any atom is -0.497 e. The minimum absolute atomic E-state index is 0.158. The summed E-state index contributed by atoms with van der Waals surface area (Å²) in [6, 6.07) is 12.6. The van der Waals surface area contributed by atoms with E-state index in [4.69, 9.17) is 14.7 Å². The van der Waals surface area contributed by atoms with Gasteiger partial charge >= 0.3 is 0 Å². The zero-order valence-corrected chi connectivity index (χ0v) is 14.5. The van der Waals surface area contributed by atoms with E-state index in [0.29, 0.717) is 17.7 Å². The molecule has 2 aromatic rings. The second kappa shape index (κ2) is 7.54. The maximum Gasteiger partial charge on any atom is 0.127 e. The van der Waals surface area contributed by atoms with Crippen LogP contribution in [0.25, 0.3) is 0 Å². The van der Waals surface area contributed by atoms with Gasteiger partial charge in [-0.2, -0.15) is 5.26 Å². The Kier molecular flexibility index (Phi) is 5.20. The molecule has 2 aromatic carbocycles. The molecule has 3 rings (SSSR count). The van der Waals surface area contributed by atoms with E-state index in [1.165, 1.54) is 12.1 Å². The van der Waals surface area contributed by atoms with Crippen LogP contribution in [-0.2, 0) is 6.54 Å². The van der Waals surface area contributed by atoms with Gasteiger partial charge in [0.2, 0.25) is 0 Å². The molecule has 0 radical (unpaired) electrons. The Morgan fingerprint density at radius 1 is 1.20 bits per heavy atom. The Bertz CT molecular complexity index is 801. The predicted octanol–water partition coefficient (Wildman–Crippen LogP) is 4.05. The van der Waals surface area contributed by atoms with Gasteiger partial charge in [-0.3, -0.25) is 4.90 Å². The van der Waals surface area contributed by atoms with Crippen molar-refractivity contribution in [1.29, 1.82) is 5.26 Å². The molecule has 0 unspecified atom stereocenters. The first-order valence-electron chi connectivity index (χ1n) is 8.30. The van der Waals surface area contributed by atoms with E-state index in [1.54, 1.807) is 20.3 Å². The van der Waals surface area contributed by atoms with Crippen molar-refractivity contribution in [2.45, 2.75) is 25.4 Å². The van der Waals surface area contributed by atoms with Crippen LogP contribution in [0.4, 0.5) is 4.39 Å². The Morgan fingerprint density at radius 2 is 2.04 bits per heavy atom. The predicted molar refractivity (Wildman–Crippen MR) is 93.0 cm³/mol. The van der Waals surface area contributed by atoms with E-state index >= 15 is 0 Å². The Labute approximate surface area is 147 Å². The van der Waals surface area contributed by atoms with Crippen molar-refractivity contribution in [2.24, 2.45) is 0 Å². The molecule has 0 N–H and O–H groups in total. The number of ether oxygens (including phenoxy) is 2. The first kappa shape index (κ1) is 17.2. The van der Waals surface area contributed by atoms with Crippen molar-refractivity contribution in [1.82, 2.24) is 4.90 Å². The van der Waals surface area contributed by atoms with Crippen LogP contribution in [0.15, 0.2) is 36.4 Å². The van der Waals surface area contributed by atoms with Crippen molar-refractivity contribution in [3.05, 3.63) is 58.9 Å². The highest BCUT2D eigenvalue weighted by atomic mass is 19.1. The van der Waals surface area contributed by atoms with E-state index in [-0.39, 0.29) is 11.9 Å². The van der Waals surface area contributed by atoms with Gasteiger partial charge in [0.05, 0.1) is 25.9 Å². The molecule has 0 saturated carbocycles. The normalized spacial score (nSPS) is 17.3. The monoisotopic (exact) mass is 340 g/mol. The first-order valence-corrected chi connectivity index (χ1v) is 8.30. The molecular formula is C20H21FN2O2. The van der Waals surface area contributed by atoms with Gasteiger partial charge in [0, 0.05) is 29.8 Å². The third-order valence-electron chi connectivity index (χ3n) is 4.71. The molecule has 1 aliphatic heterocycles. The summed E-state index contributed by atoms with van der Waals surface area (Å²) >= 11 is 0. The van der Waals surface area contributed by atoms with E-state index in [9.17, 15) is 4.39 Å². The fraction of sp³-hybridized carbons (Fsp3) is 0.350. The average Bonchev–Trinajstić information content (AvgIpc) is 3.10. The van der Waals surface area contributed by atoms with Crippen LogP contribution in [0, 0.1) is 17.1 Å². The van der Waals surface area contributed by atoms with Crippen molar-refractivity contribution >= 4 is 0 Å². The third kappa shape index (κ3) is 3.59. The van der Waals surface area contributed by atoms with Crippen LogP contribution in [0.1, 0.15) is 35.6 Å². The number of nitrogens with zero attached hydrogens (tertiary/aromatic N) is 2. The lowest BCUT2D eigenvalue weighted by Gasteiger charge is -2.26. The van der Waals surface area contributed by atoms with Crippen LogP contribution >= 0.6 is 0 Å². The Balaban J connectivity index is 1.88. The first-order chi connectivity index (χ1) is 12.2. The molecule has 25 heavy (non-hydrogen) atoms. The van der Waals surface area contributed by atoms with E-state index in [2.05, 4.69) is 11.0 Å². The number of methoxy groups -OCH3 is 2. The number of nitriles is 1. The molecule has 1 saturated heterocycles. The van der Waals surface area contributed by atoms with Gasteiger partial charge in [0.1, 0.15) is 17.3 Å². The molecule has 1 atom stereocenters. The maximum atomic E-state index is 14.2. The van der Waals surface area contributed by atoms with Gasteiger partial charge < -0.3 is 9.47 Å². The van der Waals surface area contributed by atoms with Crippen LogP contribution < -0.4 is 9.47 Å². The topological polar surface area (TPSA) is 45.5 Å². The van der Waals surface area contributed by atoms with Crippen LogP contribution in [-0.4, -0.2) is 25.7 Å². The molecule has 1 heterocycles. The number of benzene rings is 2. The highest BCUT2D eigenvalue weighted by molar-refractivity contribution is 5.43. The SMILES string of the molecule is COc1ccc([C@@H]2CCCN2Cc2cc(C#N)ccc2F)c(OC)c1. The highest BCUT2D eigenvalue weighted by Crippen LogP contribution is 2.39. The summed E-state index contributed by atoms with van der Waals surface area (Å²) in [5, 5.41) is 9.05. The molecule has 5 heteroatoms. The van der Waals surface area contributed by atoms with Gasteiger partial charge in [-0.1, -0.05) is 6.07 Å². The molecule has 1 fully saturated rings. The summed E-state index contributed by atoms with van der Waals surface area (Å²) in [5.41, 5.74) is 2.12. The molecule has 0 aromatic heterocycles. The average molecular weight is 340 g/mol. The van der Waals surface area contributed by atoms with Crippen molar-refractivity contribution in [2.75, 3.05) is 20.8 Å². The van der Waals surface area contributed by atoms with Gasteiger partial charge in [0.25, 0.3) is 0 Å². The lowest BCUT2D eigenvalue weighted by molar-refractivity contribution is 0.239. The molecule has 0 aliphatic carbocycles. The van der Waals surface area contributed by atoms with Crippen LogP contribution in [0.3, 0.4) is 0 Å². The number of hydrogen-bond donors (Lipinski definition) is 0. The third-order valence-corrected chi connectivity index (χ3v) is 4.71. The standard InChI is InChI=1S/C20H21FN2O2/c1-24-16-6-7-17(20(11-16)25-2)19-4-3-9-23(19)13-15-10-14(12-22)5-8-18(15)21/h5-8,10-11,19H,3-4,9,13H2,1-2H3/t19-/m0/s1. The summed E-state index contributed by atoms with van der Waals surface area (Å²) in [6.45, 7) is 1.36. The summed E-state index contributed by atoms with van der Waals surface area (Å²) in [7, 11) is 3.27. The second-order valence-electron chi connectivity index (χ2n) is 6.15. The van der Waals surface area contributed by atoms with E-state index in [1.807, 2.05) is 18.2 Å². The fourth-order valence-electron chi connectivity index (χ4n) is 3.45. The molecule has 0 spiro atoms. The van der Waals surface area contributed by atoms with E-state index in [0.717, 1.165) is 36.4 Å². The number of hydrogen-bond acceptors (Lipinski definition) is 4. The molecule has 1 aliphatic rings. The maximum absolute atomic E-state index is 14.2. The summed E-state index contributed by atoms with van der Waals surface area (Å²) < 4.78 is 25.0. The smallest absolute Gasteiger partial charge is 0.127 e. The summed E-state index contributed by atoms with van der Waals surface area (Å²) in [4.78, 5) is 2.24. The lowest BCUT2D eigenvalue weighted by atomic mass is 10.0. The zero-order valence-electron chi connectivity index (χ0n) is 14.5. The van der Waals surface area contributed by atoms with Crippen LogP contribution in [0.2, 0.25) is 0 Å². The largest absolute Gasteiger partial charge is 0.497 e. The highest BCUT2D eigenvalue weighted by Gasteiger charge is 2.29. The van der Waals surface area contributed by atoms with E-state index < -0.39 is 0 Å². The summed E-state index contributed by atoms with van der Waals surface area (Å²) in [5.74, 6) is 1.26. The quantitative estimate of drug-likeness (QED) is 0.824. The van der Waals surface area contributed by atoms with Gasteiger partial charge in [-0.15, -0.1) is 0 Å².